The van der Waals surface area contributed by atoms with Gasteiger partial charge in [0.1, 0.15) is 12.1 Å². The van der Waals surface area contributed by atoms with Crippen molar-refractivity contribution in [1.29, 1.82) is 0 Å². The summed E-state index contributed by atoms with van der Waals surface area (Å²) in [6.07, 6.45) is -0.887. The molecule has 124 valence electrons. The third-order valence-electron chi connectivity index (χ3n) is 4.43. The van der Waals surface area contributed by atoms with Crippen LogP contribution in [0.4, 0.5) is 0 Å². The van der Waals surface area contributed by atoms with Crippen molar-refractivity contribution in [3.63, 3.8) is 0 Å². The van der Waals surface area contributed by atoms with Crippen LogP contribution >= 0.6 is 0 Å². The van der Waals surface area contributed by atoms with Crippen molar-refractivity contribution in [3.8, 4) is 0 Å². The van der Waals surface area contributed by atoms with Gasteiger partial charge in [-0.25, -0.2) is 0 Å². The molecule has 0 bridgehead atoms. The molecule has 3 rings (SSSR count). The summed E-state index contributed by atoms with van der Waals surface area (Å²) in [5.41, 5.74) is 1.93. The van der Waals surface area contributed by atoms with E-state index in [0.29, 0.717) is 26.2 Å². The zero-order valence-corrected chi connectivity index (χ0v) is 13.4. The number of nitrogens with zero attached hydrogens (tertiary/aromatic N) is 3. The number of amides is 2. The molecule has 23 heavy (non-hydrogen) atoms. The van der Waals surface area contributed by atoms with E-state index in [1.165, 1.54) is 6.92 Å². The second kappa shape index (κ2) is 6.25. The highest BCUT2D eigenvalue weighted by Crippen LogP contribution is 2.18. The van der Waals surface area contributed by atoms with E-state index in [1.54, 1.807) is 4.90 Å². The number of aliphatic hydroxyl groups excluding tert-OH is 1. The molecule has 2 N–H and O–H groups in total. The predicted octanol–water partition coefficient (Wildman–Crippen LogP) is -0.718. The zero-order chi connectivity index (χ0) is 16.6. The molecule has 1 aromatic rings. The minimum absolute atomic E-state index is 0.196. The molecule has 0 aliphatic carbocycles. The standard InChI is InChI=1S/C16H22N4O3/c1-10-4-3-5-12(17-10)8-19-6-7-20-13(9-19)15(22)18-14(11(2)21)16(20)23/h3-5,11,13-14,21H,6-9H2,1-2H3,(H,18,22)/t11-,13-,14+/m1/s1. The van der Waals surface area contributed by atoms with Gasteiger partial charge in [-0.15, -0.1) is 0 Å². The number of rotatable bonds is 3. The minimum Gasteiger partial charge on any atom is -0.391 e. The van der Waals surface area contributed by atoms with Crippen molar-refractivity contribution in [1.82, 2.24) is 20.1 Å². The highest BCUT2D eigenvalue weighted by Gasteiger charge is 2.44. The van der Waals surface area contributed by atoms with Gasteiger partial charge in [0.25, 0.3) is 0 Å². The van der Waals surface area contributed by atoms with E-state index in [1.807, 2.05) is 25.1 Å². The maximum atomic E-state index is 12.4. The van der Waals surface area contributed by atoms with E-state index in [4.69, 9.17) is 0 Å². The van der Waals surface area contributed by atoms with E-state index in [2.05, 4.69) is 15.2 Å². The molecule has 0 radical (unpaired) electrons. The van der Waals surface area contributed by atoms with E-state index >= 15 is 0 Å². The maximum absolute atomic E-state index is 12.4. The van der Waals surface area contributed by atoms with Gasteiger partial charge < -0.3 is 15.3 Å². The molecule has 0 saturated carbocycles. The number of carbonyl (C=O) groups is 2. The van der Waals surface area contributed by atoms with Gasteiger partial charge in [0.05, 0.1) is 11.8 Å². The Bertz CT molecular complexity index is 619. The summed E-state index contributed by atoms with van der Waals surface area (Å²) in [4.78, 5) is 32.9. The van der Waals surface area contributed by atoms with Crippen LogP contribution in [-0.2, 0) is 16.1 Å². The second-order valence-corrected chi connectivity index (χ2v) is 6.28. The Morgan fingerprint density at radius 3 is 2.87 bits per heavy atom. The summed E-state index contributed by atoms with van der Waals surface area (Å²) in [6, 6.07) is 4.57. The maximum Gasteiger partial charge on any atom is 0.248 e. The monoisotopic (exact) mass is 318 g/mol. The Kier molecular flexibility index (Phi) is 4.32. The van der Waals surface area contributed by atoms with E-state index in [0.717, 1.165) is 11.4 Å². The molecule has 1 aromatic heterocycles. The summed E-state index contributed by atoms with van der Waals surface area (Å²) in [6.45, 7) is 5.80. The van der Waals surface area contributed by atoms with Crippen molar-refractivity contribution in [3.05, 3.63) is 29.6 Å². The fourth-order valence-corrected chi connectivity index (χ4v) is 3.20. The first-order valence-corrected chi connectivity index (χ1v) is 7.89. The van der Waals surface area contributed by atoms with E-state index in [9.17, 15) is 14.7 Å². The van der Waals surface area contributed by atoms with Crippen molar-refractivity contribution in [2.24, 2.45) is 0 Å². The summed E-state index contributed by atoms with van der Waals surface area (Å²) >= 11 is 0. The summed E-state index contributed by atoms with van der Waals surface area (Å²) in [5, 5.41) is 12.3. The highest BCUT2D eigenvalue weighted by molar-refractivity contribution is 5.97. The number of piperazine rings is 2. The molecule has 0 aromatic carbocycles. The van der Waals surface area contributed by atoms with Gasteiger partial charge in [-0.1, -0.05) is 6.07 Å². The van der Waals surface area contributed by atoms with Gasteiger partial charge in [0.15, 0.2) is 0 Å². The molecular formula is C16H22N4O3. The third kappa shape index (κ3) is 3.20. The number of carbonyl (C=O) groups excluding carboxylic acids is 2. The average Bonchev–Trinajstić information content (AvgIpc) is 2.50. The van der Waals surface area contributed by atoms with Crippen LogP contribution in [0, 0.1) is 6.92 Å². The smallest absolute Gasteiger partial charge is 0.248 e. The fourth-order valence-electron chi connectivity index (χ4n) is 3.20. The number of pyridine rings is 1. The van der Waals surface area contributed by atoms with E-state index in [-0.39, 0.29) is 11.8 Å². The Labute approximate surface area is 135 Å². The lowest BCUT2D eigenvalue weighted by atomic mass is 10.0. The second-order valence-electron chi connectivity index (χ2n) is 6.28. The van der Waals surface area contributed by atoms with Gasteiger partial charge in [-0.3, -0.25) is 19.5 Å². The fraction of sp³-hybridized carbons (Fsp3) is 0.562. The van der Waals surface area contributed by atoms with E-state index < -0.39 is 18.2 Å². The Morgan fingerprint density at radius 2 is 2.17 bits per heavy atom. The first-order valence-electron chi connectivity index (χ1n) is 7.89. The van der Waals surface area contributed by atoms with Crippen molar-refractivity contribution in [2.75, 3.05) is 19.6 Å². The lowest BCUT2D eigenvalue weighted by Gasteiger charge is -2.45. The lowest BCUT2D eigenvalue weighted by Crippen LogP contribution is -2.70. The Morgan fingerprint density at radius 1 is 1.39 bits per heavy atom. The molecule has 2 amide bonds. The molecule has 3 heterocycles. The highest BCUT2D eigenvalue weighted by atomic mass is 16.3. The SMILES string of the molecule is Cc1cccc(CN2CCN3C(=O)[C@H]([C@@H](C)O)NC(=O)[C@H]3C2)n1. The largest absolute Gasteiger partial charge is 0.391 e. The van der Waals surface area contributed by atoms with Crippen LogP contribution in [0.3, 0.4) is 0 Å². The third-order valence-corrected chi connectivity index (χ3v) is 4.43. The van der Waals surface area contributed by atoms with Gasteiger partial charge in [0.2, 0.25) is 11.8 Å². The quantitative estimate of drug-likeness (QED) is 0.768. The van der Waals surface area contributed by atoms with Crippen LogP contribution in [0.5, 0.6) is 0 Å². The van der Waals surface area contributed by atoms with Crippen LogP contribution in [0.1, 0.15) is 18.3 Å². The average molecular weight is 318 g/mol. The molecular weight excluding hydrogens is 296 g/mol. The molecule has 3 atom stereocenters. The molecule has 7 heteroatoms. The number of hydrogen-bond acceptors (Lipinski definition) is 5. The number of fused-ring (bicyclic) bond motifs is 1. The number of nitrogens with one attached hydrogen (secondary N) is 1. The first-order chi connectivity index (χ1) is 11.0. The number of aryl methyl sites for hydroxylation is 1. The van der Waals surface area contributed by atoms with Gasteiger partial charge >= 0.3 is 0 Å². The van der Waals surface area contributed by atoms with Crippen LogP contribution < -0.4 is 5.32 Å². The molecule has 2 fully saturated rings. The van der Waals surface area contributed by atoms with Crippen LogP contribution in [0.2, 0.25) is 0 Å². The molecule has 2 aliphatic heterocycles. The predicted molar refractivity (Wildman–Crippen MR) is 83.4 cm³/mol. The van der Waals surface area contributed by atoms with Gasteiger partial charge in [-0.05, 0) is 26.0 Å². The van der Waals surface area contributed by atoms with Gasteiger partial charge in [-0.2, -0.15) is 0 Å². The molecule has 2 saturated heterocycles. The molecule has 2 aliphatic rings. The van der Waals surface area contributed by atoms with Gasteiger partial charge in [0, 0.05) is 31.9 Å². The zero-order valence-electron chi connectivity index (χ0n) is 13.4. The Hall–Kier alpha value is -1.99. The van der Waals surface area contributed by atoms with Crippen LogP contribution in [0.25, 0.3) is 0 Å². The molecule has 0 unspecified atom stereocenters. The number of aromatic nitrogens is 1. The number of aliphatic hydroxyl groups is 1. The minimum atomic E-state index is -0.887. The van der Waals surface area contributed by atoms with Crippen LogP contribution in [-0.4, -0.2) is 69.5 Å². The lowest BCUT2D eigenvalue weighted by molar-refractivity contribution is -0.156. The molecule has 0 spiro atoms. The van der Waals surface area contributed by atoms with Crippen molar-refractivity contribution < 1.29 is 14.7 Å². The summed E-state index contributed by atoms with van der Waals surface area (Å²) < 4.78 is 0. The summed E-state index contributed by atoms with van der Waals surface area (Å²) in [5.74, 6) is -0.393. The normalized spacial score (nSPS) is 26.7. The number of hydrogen-bond donors (Lipinski definition) is 2. The molecule has 7 nitrogen and oxygen atoms in total. The summed E-state index contributed by atoms with van der Waals surface area (Å²) in [7, 11) is 0. The van der Waals surface area contributed by atoms with Crippen LogP contribution in [0.15, 0.2) is 18.2 Å². The first kappa shape index (κ1) is 15.9. The van der Waals surface area contributed by atoms with Crippen molar-refractivity contribution >= 4 is 11.8 Å². The Balaban J connectivity index is 1.69. The van der Waals surface area contributed by atoms with Crippen molar-refractivity contribution in [2.45, 2.75) is 38.6 Å². The topological polar surface area (TPSA) is 85.8 Å².